The highest BCUT2D eigenvalue weighted by molar-refractivity contribution is 5.87. The van der Waals surface area contributed by atoms with E-state index in [1.807, 2.05) is 0 Å². The summed E-state index contributed by atoms with van der Waals surface area (Å²) in [6, 6.07) is 2.93. The summed E-state index contributed by atoms with van der Waals surface area (Å²) in [6.07, 6.45) is 1.65. The first-order valence-corrected chi connectivity index (χ1v) is 5.71. The molecule has 1 heterocycles. The standard InChI is InChI=1S/C12H9F2N3O2/c13-7-3-8(14)5-9(4-7)17-11(6-1-2-6)10(12(18)19)15-16-17/h3-6H,1-2H2,(H,18,19). The second kappa shape index (κ2) is 4.11. The number of hydrogen-bond acceptors (Lipinski definition) is 3. The highest BCUT2D eigenvalue weighted by atomic mass is 19.1. The van der Waals surface area contributed by atoms with Crippen LogP contribution in [0.15, 0.2) is 18.2 Å². The van der Waals surface area contributed by atoms with Crippen molar-refractivity contribution in [1.82, 2.24) is 15.0 Å². The van der Waals surface area contributed by atoms with Crippen LogP contribution in [0.3, 0.4) is 0 Å². The van der Waals surface area contributed by atoms with Crippen molar-refractivity contribution in [1.29, 1.82) is 0 Å². The molecule has 1 N–H and O–H groups in total. The Kier molecular flexibility index (Phi) is 2.55. The molecule has 1 saturated carbocycles. The predicted molar refractivity (Wildman–Crippen MR) is 60.2 cm³/mol. The van der Waals surface area contributed by atoms with Crippen molar-refractivity contribution in [3.63, 3.8) is 0 Å². The van der Waals surface area contributed by atoms with Gasteiger partial charge in [-0.05, 0) is 25.0 Å². The number of aromatic carboxylic acids is 1. The lowest BCUT2D eigenvalue weighted by Crippen LogP contribution is -2.06. The van der Waals surface area contributed by atoms with Gasteiger partial charge in [0.2, 0.25) is 0 Å². The highest BCUT2D eigenvalue weighted by Crippen LogP contribution is 2.42. The Hall–Kier alpha value is -2.31. The Balaban J connectivity index is 2.16. The van der Waals surface area contributed by atoms with Crippen LogP contribution in [-0.2, 0) is 0 Å². The van der Waals surface area contributed by atoms with E-state index in [1.165, 1.54) is 4.68 Å². The Labute approximate surface area is 106 Å². The third-order valence-corrected chi connectivity index (χ3v) is 2.96. The molecule has 0 radical (unpaired) electrons. The van der Waals surface area contributed by atoms with E-state index in [4.69, 9.17) is 5.11 Å². The van der Waals surface area contributed by atoms with Crippen LogP contribution in [0.1, 0.15) is 34.9 Å². The van der Waals surface area contributed by atoms with Gasteiger partial charge in [-0.2, -0.15) is 0 Å². The van der Waals surface area contributed by atoms with Gasteiger partial charge in [0.15, 0.2) is 5.69 Å². The van der Waals surface area contributed by atoms with Crippen LogP contribution in [0, 0.1) is 11.6 Å². The highest BCUT2D eigenvalue weighted by Gasteiger charge is 2.34. The molecule has 98 valence electrons. The molecular formula is C12H9F2N3O2. The quantitative estimate of drug-likeness (QED) is 0.923. The molecule has 2 aromatic rings. The average molecular weight is 265 g/mol. The zero-order valence-electron chi connectivity index (χ0n) is 9.68. The third kappa shape index (κ3) is 2.07. The minimum atomic E-state index is -1.19. The molecule has 0 amide bonds. The minimum Gasteiger partial charge on any atom is -0.476 e. The van der Waals surface area contributed by atoms with Crippen molar-refractivity contribution >= 4 is 5.97 Å². The van der Waals surface area contributed by atoms with Crippen LogP contribution in [0.4, 0.5) is 8.78 Å². The Bertz CT molecular complexity index is 645. The van der Waals surface area contributed by atoms with Gasteiger partial charge >= 0.3 is 5.97 Å². The largest absolute Gasteiger partial charge is 0.476 e. The number of halogens is 2. The zero-order valence-corrected chi connectivity index (χ0v) is 9.68. The molecular weight excluding hydrogens is 256 g/mol. The first-order chi connectivity index (χ1) is 9.06. The average Bonchev–Trinajstić information content (AvgIpc) is 3.06. The van der Waals surface area contributed by atoms with Gasteiger partial charge in [0.05, 0.1) is 11.4 Å². The molecule has 1 aliphatic rings. The summed E-state index contributed by atoms with van der Waals surface area (Å²) < 4.78 is 27.6. The van der Waals surface area contributed by atoms with Crippen molar-refractivity contribution in [2.75, 3.05) is 0 Å². The summed E-state index contributed by atoms with van der Waals surface area (Å²) in [7, 11) is 0. The molecule has 0 spiro atoms. The van der Waals surface area contributed by atoms with E-state index in [9.17, 15) is 13.6 Å². The maximum Gasteiger partial charge on any atom is 0.358 e. The number of benzene rings is 1. The molecule has 1 fully saturated rings. The monoisotopic (exact) mass is 265 g/mol. The van der Waals surface area contributed by atoms with E-state index in [1.54, 1.807) is 0 Å². The van der Waals surface area contributed by atoms with Crippen molar-refractivity contribution in [3.8, 4) is 5.69 Å². The molecule has 3 rings (SSSR count). The number of rotatable bonds is 3. The van der Waals surface area contributed by atoms with Crippen molar-refractivity contribution in [2.45, 2.75) is 18.8 Å². The van der Waals surface area contributed by atoms with Crippen molar-refractivity contribution in [3.05, 3.63) is 41.2 Å². The second-order valence-corrected chi connectivity index (χ2v) is 4.44. The van der Waals surface area contributed by atoms with Gasteiger partial charge in [-0.25, -0.2) is 18.3 Å². The first kappa shape index (κ1) is 11.8. The van der Waals surface area contributed by atoms with Crippen LogP contribution >= 0.6 is 0 Å². The Morgan fingerprint density at radius 1 is 1.26 bits per heavy atom. The summed E-state index contributed by atoms with van der Waals surface area (Å²) in [5, 5.41) is 16.3. The molecule has 1 aromatic carbocycles. The number of carboxylic acid groups (broad SMARTS) is 1. The summed E-state index contributed by atoms with van der Waals surface area (Å²) in [6.45, 7) is 0. The van der Waals surface area contributed by atoms with Crippen LogP contribution in [0.25, 0.3) is 5.69 Å². The van der Waals surface area contributed by atoms with Crippen LogP contribution < -0.4 is 0 Å². The van der Waals surface area contributed by atoms with Gasteiger partial charge in [0.25, 0.3) is 0 Å². The summed E-state index contributed by atoms with van der Waals surface area (Å²) in [4.78, 5) is 11.1. The van der Waals surface area contributed by atoms with Gasteiger partial charge in [-0.15, -0.1) is 5.10 Å². The molecule has 1 aliphatic carbocycles. The second-order valence-electron chi connectivity index (χ2n) is 4.44. The van der Waals surface area contributed by atoms with Gasteiger partial charge < -0.3 is 5.11 Å². The first-order valence-electron chi connectivity index (χ1n) is 5.71. The fraction of sp³-hybridized carbons (Fsp3) is 0.250. The van der Waals surface area contributed by atoms with E-state index < -0.39 is 17.6 Å². The molecule has 0 unspecified atom stereocenters. The molecule has 19 heavy (non-hydrogen) atoms. The smallest absolute Gasteiger partial charge is 0.358 e. The number of carboxylic acids is 1. The lowest BCUT2D eigenvalue weighted by atomic mass is 10.2. The maximum atomic E-state index is 13.2. The predicted octanol–water partition coefficient (Wildman–Crippen LogP) is 2.12. The van der Waals surface area contributed by atoms with Crippen molar-refractivity contribution in [2.24, 2.45) is 0 Å². The Morgan fingerprint density at radius 2 is 1.89 bits per heavy atom. The van der Waals surface area contributed by atoms with Crippen molar-refractivity contribution < 1.29 is 18.7 Å². The van der Waals surface area contributed by atoms with Gasteiger partial charge in [0.1, 0.15) is 11.6 Å². The number of carbonyl (C=O) groups is 1. The number of aromatic nitrogens is 3. The minimum absolute atomic E-state index is 0.0347. The van der Waals surface area contributed by atoms with Crippen LogP contribution in [0.5, 0.6) is 0 Å². The number of nitrogens with zero attached hydrogens (tertiary/aromatic N) is 3. The zero-order chi connectivity index (χ0) is 13.6. The lowest BCUT2D eigenvalue weighted by molar-refractivity contribution is 0.0689. The molecule has 0 atom stereocenters. The molecule has 0 saturated heterocycles. The van der Waals surface area contributed by atoms with E-state index in [0.29, 0.717) is 5.69 Å². The maximum absolute atomic E-state index is 13.2. The molecule has 7 heteroatoms. The van der Waals surface area contributed by atoms with Gasteiger partial charge in [-0.3, -0.25) is 0 Å². The summed E-state index contributed by atoms with van der Waals surface area (Å²) in [5.74, 6) is -2.65. The fourth-order valence-corrected chi connectivity index (χ4v) is 2.02. The van der Waals surface area contributed by atoms with E-state index in [-0.39, 0.29) is 17.3 Å². The topological polar surface area (TPSA) is 68.0 Å². The number of hydrogen-bond donors (Lipinski definition) is 1. The summed E-state index contributed by atoms with van der Waals surface area (Å²) in [5.41, 5.74) is 0.379. The summed E-state index contributed by atoms with van der Waals surface area (Å²) >= 11 is 0. The molecule has 0 aliphatic heterocycles. The lowest BCUT2D eigenvalue weighted by Gasteiger charge is -2.06. The fourth-order valence-electron chi connectivity index (χ4n) is 2.02. The SMILES string of the molecule is O=C(O)c1nnn(-c2cc(F)cc(F)c2)c1C1CC1. The normalized spacial score (nSPS) is 14.6. The third-order valence-electron chi connectivity index (χ3n) is 2.96. The molecule has 5 nitrogen and oxygen atoms in total. The van der Waals surface area contributed by atoms with Gasteiger partial charge in [0, 0.05) is 12.0 Å². The molecule has 1 aromatic heterocycles. The van der Waals surface area contributed by atoms with E-state index in [2.05, 4.69) is 10.3 Å². The molecule has 0 bridgehead atoms. The van der Waals surface area contributed by atoms with E-state index in [0.717, 1.165) is 31.0 Å². The van der Waals surface area contributed by atoms with Crippen LogP contribution in [0.2, 0.25) is 0 Å². The van der Waals surface area contributed by atoms with E-state index >= 15 is 0 Å². The Morgan fingerprint density at radius 3 is 2.42 bits per heavy atom. The van der Waals surface area contributed by atoms with Crippen LogP contribution in [-0.4, -0.2) is 26.1 Å². The van der Waals surface area contributed by atoms with Gasteiger partial charge in [-0.1, -0.05) is 5.21 Å².